The van der Waals surface area contributed by atoms with Crippen LogP contribution in [0.1, 0.15) is 40.9 Å². The molecule has 0 saturated carbocycles. The van der Waals surface area contributed by atoms with Gasteiger partial charge >= 0.3 is 0 Å². The van der Waals surface area contributed by atoms with Crippen LogP contribution < -0.4 is 20.2 Å². The molecule has 7 nitrogen and oxygen atoms in total. The third-order valence-corrected chi connectivity index (χ3v) is 5.61. The van der Waals surface area contributed by atoms with E-state index in [4.69, 9.17) is 21.1 Å². The van der Waals surface area contributed by atoms with Crippen LogP contribution in [-0.4, -0.2) is 31.2 Å². The Bertz CT molecular complexity index is 1240. The summed E-state index contributed by atoms with van der Waals surface area (Å²) >= 11 is 5.96. The Labute approximate surface area is 216 Å². The number of carbonyl (C=O) groups is 2. The molecule has 0 radical (unpaired) electrons. The topological polar surface area (TPSA) is 89.0 Å². The molecular weight excluding hydrogens is 478 g/mol. The Hall–Kier alpha value is -3.84. The number of nitrogens with zero attached hydrogens (tertiary/aromatic N) is 1. The number of hydrogen-bond acceptors (Lipinski definition) is 5. The average Bonchev–Trinajstić information content (AvgIpc) is 2.86. The van der Waals surface area contributed by atoms with Crippen LogP contribution in [0.15, 0.2) is 71.8 Å². The van der Waals surface area contributed by atoms with Gasteiger partial charge in [-0.1, -0.05) is 61.3 Å². The fourth-order valence-corrected chi connectivity index (χ4v) is 3.67. The fourth-order valence-electron chi connectivity index (χ4n) is 3.48. The molecule has 0 aliphatic heterocycles. The number of halogens is 1. The van der Waals surface area contributed by atoms with Gasteiger partial charge in [0.15, 0.2) is 11.5 Å². The van der Waals surface area contributed by atoms with Crippen LogP contribution in [-0.2, 0) is 11.4 Å². The molecular formula is C28H30ClN3O4. The maximum absolute atomic E-state index is 12.7. The number of nitrogens with one attached hydrogen (secondary N) is 2. The molecule has 3 rings (SSSR count). The first kappa shape index (κ1) is 26.8. The van der Waals surface area contributed by atoms with Gasteiger partial charge in [0.1, 0.15) is 12.6 Å². The Morgan fingerprint density at radius 3 is 2.50 bits per heavy atom. The van der Waals surface area contributed by atoms with Gasteiger partial charge in [-0.2, -0.15) is 5.10 Å². The fraction of sp³-hybridized carbons (Fsp3) is 0.250. The van der Waals surface area contributed by atoms with Gasteiger partial charge in [-0.05, 0) is 60.4 Å². The summed E-state index contributed by atoms with van der Waals surface area (Å²) < 4.78 is 11.4. The van der Waals surface area contributed by atoms with Gasteiger partial charge in [0.25, 0.3) is 11.8 Å². The Balaban J connectivity index is 1.61. The lowest BCUT2D eigenvalue weighted by atomic mass is 10.0. The standard InChI is InChI=1S/C28H30ClN3O4/c1-18(2)26(31-27(33)22-9-6-10-23(29)15-22)28(34)32-30-16-20-11-12-24(25(14-20)35-4)36-17-21-8-5-7-19(3)13-21/h5-16,18,26H,17H2,1-4H3,(H,31,33)(H,32,34). The molecule has 0 aliphatic carbocycles. The predicted octanol–water partition coefficient (Wildman–Crippen LogP) is 5.14. The van der Waals surface area contributed by atoms with E-state index in [2.05, 4.69) is 21.9 Å². The average molecular weight is 508 g/mol. The molecule has 0 aromatic heterocycles. The zero-order valence-electron chi connectivity index (χ0n) is 20.7. The molecule has 188 valence electrons. The molecule has 2 N–H and O–H groups in total. The molecule has 36 heavy (non-hydrogen) atoms. The molecule has 8 heteroatoms. The van der Waals surface area contributed by atoms with Gasteiger partial charge in [0.2, 0.25) is 0 Å². The molecule has 2 amide bonds. The quantitative estimate of drug-likeness (QED) is 0.294. The zero-order valence-corrected chi connectivity index (χ0v) is 21.5. The van der Waals surface area contributed by atoms with Crippen LogP contribution in [0.3, 0.4) is 0 Å². The molecule has 1 atom stereocenters. The number of aryl methyl sites for hydroxylation is 1. The first-order valence-electron chi connectivity index (χ1n) is 11.5. The monoisotopic (exact) mass is 507 g/mol. The van der Waals surface area contributed by atoms with E-state index in [1.807, 2.05) is 45.0 Å². The van der Waals surface area contributed by atoms with Gasteiger partial charge in [0.05, 0.1) is 13.3 Å². The van der Waals surface area contributed by atoms with Crippen LogP contribution in [0.2, 0.25) is 5.02 Å². The van der Waals surface area contributed by atoms with Crippen molar-refractivity contribution in [1.29, 1.82) is 0 Å². The second-order valence-electron chi connectivity index (χ2n) is 8.63. The molecule has 0 spiro atoms. The maximum Gasteiger partial charge on any atom is 0.262 e. The van der Waals surface area contributed by atoms with E-state index in [0.29, 0.717) is 34.3 Å². The minimum absolute atomic E-state index is 0.159. The number of hydrogen-bond donors (Lipinski definition) is 2. The normalized spacial score (nSPS) is 11.8. The van der Waals surface area contributed by atoms with Gasteiger partial charge in [-0.3, -0.25) is 9.59 Å². The third-order valence-electron chi connectivity index (χ3n) is 5.38. The highest BCUT2D eigenvalue weighted by atomic mass is 35.5. The van der Waals surface area contributed by atoms with Crippen molar-refractivity contribution in [1.82, 2.24) is 10.7 Å². The summed E-state index contributed by atoms with van der Waals surface area (Å²) in [5.41, 5.74) is 5.82. The van der Waals surface area contributed by atoms with Crippen molar-refractivity contribution in [2.75, 3.05) is 7.11 Å². The van der Waals surface area contributed by atoms with E-state index < -0.39 is 11.9 Å². The van der Waals surface area contributed by atoms with Crippen LogP contribution in [0, 0.1) is 12.8 Å². The molecule has 0 saturated heterocycles. The number of benzene rings is 3. The molecule has 0 fully saturated rings. The summed E-state index contributed by atoms with van der Waals surface area (Å²) in [5.74, 6) is 0.173. The summed E-state index contributed by atoms with van der Waals surface area (Å²) in [6.45, 7) is 6.13. The lowest BCUT2D eigenvalue weighted by Crippen LogP contribution is -2.48. The number of rotatable bonds is 10. The van der Waals surface area contributed by atoms with E-state index in [1.165, 1.54) is 11.8 Å². The van der Waals surface area contributed by atoms with Gasteiger partial charge in [-0.25, -0.2) is 5.43 Å². The minimum Gasteiger partial charge on any atom is -0.493 e. The van der Waals surface area contributed by atoms with E-state index in [1.54, 1.807) is 43.5 Å². The summed E-state index contributed by atoms with van der Waals surface area (Å²) in [6.07, 6.45) is 1.50. The Kier molecular flexibility index (Phi) is 9.47. The highest BCUT2D eigenvalue weighted by Gasteiger charge is 2.24. The predicted molar refractivity (Wildman–Crippen MR) is 142 cm³/mol. The SMILES string of the molecule is COc1cc(C=NNC(=O)C(NC(=O)c2cccc(Cl)c2)C(C)C)ccc1OCc1cccc(C)c1. The summed E-state index contributed by atoms with van der Waals surface area (Å²) in [4.78, 5) is 25.3. The molecule has 3 aromatic carbocycles. The Morgan fingerprint density at radius 2 is 1.81 bits per heavy atom. The van der Waals surface area contributed by atoms with Gasteiger partial charge in [-0.15, -0.1) is 0 Å². The zero-order chi connectivity index (χ0) is 26.1. The van der Waals surface area contributed by atoms with E-state index in [0.717, 1.165) is 5.56 Å². The van der Waals surface area contributed by atoms with Crippen LogP contribution >= 0.6 is 11.6 Å². The highest BCUT2D eigenvalue weighted by Crippen LogP contribution is 2.28. The van der Waals surface area contributed by atoms with Gasteiger partial charge in [0, 0.05) is 10.6 Å². The van der Waals surface area contributed by atoms with E-state index in [-0.39, 0.29) is 11.8 Å². The second kappa shape index (κ2) is 12.7. The van der Waals surface area contributed by atoms with Crippen molar-refractivity contribution in [3.63, 3.8) is 0 Å². The maximum atomic E-state index is 12.7. The van der Waals surface area contributed by atoms with Crippen molar-refractivity contribution in [2.45, 2.75) is 33.4 Å². The number of amides is 2. The lowest BCUT2D eigenvalue weighted by molar-refractivity contribution is -0.123. The molecule has 0 heterocycles. The highest BCUT2D eigenvalue weighted by molar-refractivity contribution is 6.31. The first-order valence-corrected chi connectivity index (χ1v) is 11.9. The molecule has 1 unspecified atom stereocenters. The third kappa shape index (κ3) is 7.58. The largest absolute Gasteiger partial charge is 0.493 e. The van der Waals surface area contributed by atoms with Crippen molar-refractivity contribution < 1.29 is 19.1 Å². The van der Waals surface area contributed by atoms with E-state index in [9.17, 15) is 9.59 Å². The lowest BCUT2D eigenvalue weighted by Gasteiger charge is -2.20. The smallest absolute Gasteiger partial charge is 0.262 e. The molecule has 3 aromatic rings. The number of hydrazone groups is 1. The summed E-state index contributed by atoms with van der Waals surface area (Å²) in [5, 5.41) is 7.24. The minimum atomic E-state index is -0.777. The summed E-state index contributed by atoms with van der Waals surface area (Å²) in [7, 11) is 1.56. The first-order chi connectivity index (χ1) is 17.3. The van der Waals surface area contributed by atoms with Crippen molar-refractivity contribution in [2.24, 2.45) is 11.0 Å². The second-order valence-corrected chi connectivity index (χ2v) is 9.06. The van der Waals surface area contributed by atoms with Crippen molar-refractivity contribution in [3.05, 3.63) is 94.0 Å². The number of ether oxygens (including phenoxy) is 2. The molecule has 0 bridgehead atoms. The van der Waals surface area contributed by atoms with Crippen molar-refractivity contribution in [3.8, 4) is 11.5 Å². The molecule has 0 aliphatic rings. The van der Waals surface area contributed by atoms with Crippen LogP contribution in [0.5, 0.6) is 11.5 Å². The van der Waals surface area contributed by atoms with E-state index >= 15 is 0 Å². The van der Waals surface area contributed by atoms with Gasteiger partial charge < -0.3 is 14.8 Å². The number of methoxy groups -OCH3 is 1. The van der Waals surface area contributed by atoms with Crippen molar-refractivity contribution >= 4 is 29.6 Å². The number of carbonyl (C=O) groups excluding carboxylic acids is 2. The Morgan fingerprint density at radius 1 is 1.03 bits per heavy atom. The van der Waals surface area contributed by atoms with Crippen LogP contribution in [0.4, 0.5) is 0 Å². The summed E-state index contributed by atoms with van der Waals surface area (Å²) in [6, 6.07) is 19.2. The van der Waals surface area contributed by atoms with Crippen LogP contribution in [0.25, 0.3) is 0 Å².